The van der Waals surface area contributed by atoms with Crippen LogP contribution >= 0.6 is 23.1 Å². The lowest BCUT2D eigenvalue weighted by Crippen LogP contribution is -2.16. The summed E-state index contributed by atoms with van der Waals surface area (Å²) in [5.41, 5.74) is 8.01. The van der Waals surface area contributed by atoms with E-state index in [1.54, 1.807) is 19.1 Å². The fourth-order valence-corrected chi connectivity index (χ4v) is 6.66. The zero-order chi connectivity index (χ0) is 27.1. The molecule has 38 heavy (non-hydrogen) atoms. The number of carbonyl (C=O) groups is 2. The lowest BCUT2D eigenvalue weighted by molar-refractivity contribution is -0.115. The summed E-state index contributed by atoms with van der Waals surface area (Å²) in [5, 5.41) is 23.2. The molecule has 0 atom stereocenters. The number of nitriles is 2. The molecule has 0 unspecified atom stereocenters. The van der Waals surface area contributed by atoms with Gasteiger partial charge in [-0.05, 0) is 50.3 Å². The van der Waals surface area contributed by atoms with Crippen molar-refractivity contribution in [3.63, 3.8) is 0 Å². The summed E-state index contributed by atoms with van der Waals surface area (Å²) >= 11 is 2.65. The van der Waals surface area contributed by atoms with Gasteiger partial charge in [-0.25, -0.2) is 9.78 Å². The van der Waals surface area contributed by atoms with Crippen LogP contribution in [0.4, 0.5) is 10.8 Å². The molecule has 0 aromatic carbocycles. The van der Waals surface area contributed by atoms with Gasteiger partial charge in [0.15, 0.2) is 0 Å². The number of rotatable bonds is 8. The number of pyridine rings is 1. The molecule has 11 heteroatoms. The Balaban J connectivity index is 1.51. The van der Waals surface area contributed by atoms with Gasteiger partial charge < -0.3 is 20.2 Å². The van der Waals surface area contributed by atoms with Crippen LogP contribution in [0.3, 0.4) is 0 Å². The molecule has 3 heterocycles. The molecule has 0 aliphatic heterocycles. The van der Waals surface area contributed by atoms with Crippen molar-refractivity contribution in [1.29, 1.82) is 10.5 Å². The van der Waals surface area contributed by atoms with Gasteiger partial charge in [0.1, 0.15) is 39.3 Å². The molecule has 0 bridgehead atoms. The Labute approximate surface area is 229 Å². The number of ether oxygens (including phenoxy) is 1. The van der Waals surface area contributed by atoms with Gasteiger partial charge in [0, 0.05) is 17.1 Å². The van der Waals surface area contributed by atoms with E-state index in [9.17, 15) is 20.1 Å². The van der Waals surface area contributed by atoms with E-state index in [1.165, 1.54) is 29.4 Å². The number of nitrogens with two attached hydrogens (primary N) is 1. The number of anilines is 2. The van der Waals surface area contributed by atoms with Crippen molar-refractivity contribution in [2.45, 2.75) is 56.9 Å². The minimum Gasteiger partial charge on any atom is -0.464 e. The van der Waals surface area contributed by atoms with Gasteiger partial charge in [-0.1, -0.05) is 12.8 Å². The highest BCUT2D eigenvalue weighted by molar-refractivity contribution is 7.99. The number of nitrogens with one attached hydrogen (secondary N) is 1. The van der Waals surface area contributed by atoms with E-state index in [0.717, 1.165) is 49.0 Å². The van der Waals surface area contributed by atoms with Crippen molar-refractivity contribution in [1.82, 2.24) is 4.98 Å². The second kappa shape index (κ2) is 12.6. The highest BCUT2D eigenvalue weighted by Gasteiger charge is 2.27. The van der Waals surface area contributed by atoms with E-state index in [1.807, 2.05) is 6.07 Å². The van der Waals surface area contributed by atoms with E-state index in [-0.39, 0.29) is 41.4 Å². The topological polar surface area (TPSA) is 155 Å². The zero-order valence-electron chi connectivity index (χ0n) is 21.0. The van der Waals surface area contributed by atoms with Gasteiger partial charge in [0.05, 0.1) is 29.6 Å². The van der Waals surface area contributed by atoms with E-state index >= 15 is 0 Å². The lowest BCUT2D eigenvalue weighted by Gasteiger charge is -2.12. The first-order valence-electron chi connectivity index (χ1n) is 12.4. The number of thioether (sulfide) groups is 1. The predicted octanol–water partition coefficient (Wildman–Crippen LogP) is 5.69. The van der Waals surface area contributed by atoms with Crippen molar-refractivity contribution in [2.24, 2.45) is 0 Å². The standard InChI is InChI=1S/C27H27N5O4S2/c1-2-35-27(34)23-16-8-5-3-4-6-10-20(16)38-26(23)31-21(33)11-13-37-25-18(15-29)22(19-9-7-12-36-19)17(14-28)24(30)32-25/h7,9,12H,2-6,8,10-11,13H2,1H3,(H2,30,32)(H,31,33). The van der Waals surface area contributed by atoms with Crippen molar-refractivity contribution >= 4 is 45.8 Å². The van der Waals surface area contributed by atoms with Crippen molar-refractivity contribution in [2.75, 3.05) is 23.4 Å². The second-order valence-corrected chi connectivity index (χ2v) is 10.8. The highest BCUT2D eigenvalue weighted by Crippen LogP contribution is 2.38. The molecule has 9 nitrogen and oxygen atoms in total. The third kappa shape index (κ3) is 5.85. The molecule has 1 amide bonds. The average Bonchev–Trinajstić information content (AvgIpc) is 3.52. The number of hydrogen-bond donors (Lipinski definition) is 2. The van der Waals surface area contributed by atoms with Gasteiger partial charge in [-0.15, -0.1) is 23.1 Å². The molecule has 1 aliphatic carbocycles. The Morgan fingerprint density at radius 3 is 2.66 bits per heavy atom. The number of aromatic nitrogens is 1. The van der Waals surface area contributed by atoms with Gasteiger partial charge in [0.2, 0.25) is 5.91 Å². The summed E-state index contributed by atoms with van der Waals surface area (Å²) in [7, 11) is 0. The molecule has 0 saturated carbocycles. The van der Waals surface area contributed by atoms with Crippen LogP contribution in [0.5, 0.6) is 0 Å². The van der Waals surface area contributed by atoms with Crippen molar-refractivity contribution < 1.29 is 18.7 Å². The molecule has 3 aromatic heterocycles. The van der Waals surface area contributed by atoms with Gasteiger partial charge in [-0.2, -0.15) is 10.5 Å². The van der Waals surface area contributed by atoms with Crippen LogP contribution in [-0.2, 0) is 22.4 Å². The summed E-state index contributed by atoms with van der Waals surface area (Å²) in [5.74, 6) is -0.0391. The predicted molar refractivity (Wildman–Crippen MR) is 146 cm³/mol. The van der Waals surface area contributed by atoms with E-state index in [2.05, 4.69) is 16.4 Å². The number of thiophene rings is 1. The Bertz CT molecular complexity index is 1420. The number of aryl methyl sites for hydroxylation is 1. The quantitative estimate of drug-likeness (QED) is 0.266. The second-order valence-electron chi connectivity index (χ2n) is 8.62. The lowest BCUT2D eigenvalue weighted by atomic mass is 9.96. The Kier molecular flexibility index (Phi) is 9.06. The van der Waals surface area contributed by atoms with Crippen LogP contribution in [0.25, 0.3) is 11.3 Å². The number of nitrogens with zero attached hydrogens (tertiary/aromatic N) is 3. The molecular formula is C27H27N5O4S2. The molecule has 196 valence electrons. The molecule has 4 rings (SSSR count). The van der Waals surface area contributed by atoms with Gasteiger partial charge >= 0.3 is 5.97 Å². The smallest absolute Gasteiger partial charge is 0.341 e. The molecule has 1 aliphatic rings. The molecule has 0 fully saturated rings. The highest BCUT2D eigenvalue weighted by atomic mass is 32.2. The van der Waals surface area contributed by atoms with Crippen LogP contribution in [0, 0.1) is 22.7 Å². The van der Waals surface area contributed by atoms with E-state index in [4.69, 9.17) is 14.9 Å². The number of fused-ring (bicyclic) bond motifs is 1. The minimum absolute atomic E-state index is 0.0140. The minimum atomic E-state index is -0.406. The number of nitrogen functional groups attached to an aromatic ring is 1. The number of hydrogen-bond acceptors (Lipinski definition) is 10. The molecule has 3 N–H and O–H groups in total. The van der Waals surface area contributed by atoms with Gasteiger partial charge in [0.25, 0.3) is 0 Å². The van der Waals surface area contributed by atoms with Gasteiger partial charge in [-0.3, -0.25) is 4.79 Å². The van der Waals surface area contributed by atoms with Crippen LogP contribution in [0.15, 0.2) is 27.8 Å². The molecule has 3 aromatic rings. The number of carbonyl (C=O) groups excluding carboxylic acids is 2. The zero-order valence-corrected chi connectivity index (χ0v) is 22.6. The SMILES string of the molecule is CCOC(=O)c1c(NC(=O)CCSc2nc(N)c(C#N)c(-c3ccco3)c2C#N)sc2c1CCCCCC2. The summed E-state index contributed by atoms with van der Waals surface area (Å²) in [6.45, 7) is 2.02. The van der Waals surface area contributed by atoms with Crippen molar-refractivity contribution in [3.8, 4) is 23.5 Å². The number of amides is 1. The van der Waals surface area contributed by atoms with Crippen LogP contribution < -0.4 is 11.1 Å². The maximum Gasteiger partial charge on any atom is 0.341 e. The normalized spacial score (nSPS) is 12.9. The van der Waals surface area contributed by atoms with Crippen molar-refractivity contribution in [3.05, 3.63) is 45.5 Å². The Hall–Kier alpha value is -3.80. The first-order chi connectivity index (χ1) is 18.5. The Morgan fingerprint density at radius 1 is 1.21 bits per heavy atom. The largest absolute Gasteiger partial charge is 0.464 e. The van der Waals surface area contributed by atoms with E-state index < -0.39 is 5.97 Å². The summed E-state index contributed by atoms with van der Waals surface area (Å²) in [4.78, 5) is 31.1. The third-order valence-corrected chi connectivity index (χ3v) is 8.34. The first kappa shape index (κ1) is 27.2. The average molecular weight is 550 g/mol. The number of furan rings is 1. The first-order valence-corrected chi connectivity index (χ1v) is 14.2. The third-order valence-electron chi connectivity index (χ3n) is 6.15. The van der Waals surface area contributed by atoms with E-state index in [0.29, 0.717) is 27.1 Å². The molecule has 0 spiro atoms. The van der Waals surface area contributed by atoms with Crippen LogP contribution in [-0.4, -0.2) is 29.2 Å². The fourth-order valence-electron chi connectivity index (χ4n) is 4.43. The number of esters is 1. The van der Waals surface area contributed by atoms with Crippen LogP contribution in [0.1, 0.15) is 71.0 Å². The summed E-state index contributed by atoms with van der Waals surface area (Å²) in [6.07, 6.45) is 7.58. The monoisotopic (exact) mass is 549 g/mol. The molecular weight excluding hydrogens is 522 g/mol. The fraction of sp³-hybridized carbons (Fsp3) is 0.370. The summed E-state index contributed by atoms with van der Waals surface area (Å²) < 4.78 is 10.7. The summed E-state index contributed by atoms with van der Waals surface area (Å²) in [6, 6.07) is 7.40. The Morgan fingerprint density at radius 2 is 1.97 bits per heavy atom. The molecule has 0 saturated heterocycles. The molecule has 0 radical (unpaired) electrons. The maximum absolute atomic E-state index is 12.9. The maximum atomic E-state index is 12.9. The van der Waals surface area contributed by atoms with Crippen LogP contribution in [0.2, 0.25) is 0 Å².